The Labute approximate surface area is 77.3 Å². The highest BCUT2D eigenvalue weighted by Crippen LogP contribution is 2.09. The van der Waals surface area contributed by atoms with Crippen molar-refractivity contribution < 1.29 is 4.79 Å². The van der Waals surface area contributed by atoms with Crippen molar-refractivity contribution in [2.45, 2.75) is 13.8 Å². The van der Waals surface area contributed by atoms with E-state index in [4.69, 9.17) is 0 Å². The van der Waals surface area contributed by atoms with Crippen molar-refractivity contribution in [2.75, 3.05) is 11.9 Å². The largest absolute Gasteiger partial charge is 0.309 e. The summed E-state index contributed by atoms with van der Waals surface area (Å²) in [5, 5.41) is 6.42. The second-order valence-electron chi connectivity index (χ2n) is 3.08. The zero-order chi connectivity index (χ0) is 9.84. The third kappa shape index (κ3) is 2.43. The van der Waals surface area contributed by atoms with Crippen LogP contribution in [-0.2, 0) is 4.79 Å². The fraction of sp³-hybridized carbons (Fsp3) is 0.333. The molecule has 4 nitrogen and oxygen atoms in total. The van der Waals surface area contributed by atoms with E-state index in [-0.39, 0.29) is 5.91 Å². The number of anilines is 1. The van der Waals surface area contributed by atoms with Gasteiger partial charge in [-0.15, -0.1) is 0 Å². The summed E-state index contributed by atoms with van der Waals surface area (Å²) in [4.78, 5) is 13.0. The standard InChI is InChI=1S/C9H13N3O/c1-7(2)4-9(13)12(3)8-5-10-11-6-8/h4-6H,1-3H3,(H,10,11). The predicted molar refractivity (Wildman–Crippen MR) is 51.4 cm³/mol. The van der Waals surface area contributed by atoms with Gasteiger partial charge in [0.05, 0.1) is 11.9 Å². The van der Waals surface area contributed by atoms with E-state index >= 15 is 0 Å². The molecule has 0 fully saturated rings. The molecule has 1 rings (SSSR count). The molecular weight excluding hydrogens is 166 g/mol. The molecule has 0 unspecified atom stereocenters. The highest BCUT2D eigenvalue weighted by molar-refractivity contribution is 6.01. The van der Waals surface area contributed by atoms with E-state index in [1.54, 1.807) is 25.5 Å². The molecule has 1 amide bonds. The molecule has 0 saturated heterocycles. The first-order valence-electron chi connectivity index (χ1n) is 4.02. The van der Waals surface area contributed by atoms with Crippen LogP contribution >= 0.6 is 0 Å². The number of nitrogens with one attached hydrogen (secondary N) is 1. The SMILES string of the molecule is CC(C)=CC(=O)N(C)c1cn[nH]c1. The lowest BCUT2D eigenvalue weighted by Gasteiger charge is -2.11. The Morgan fingerprint density at radius 3 is 2.77 bits per heavy atom. The molecule has 4 heteroatoms. The number of aromatic nitrogens is 2. The van der Waals surface area contributed by atoms with Crippen LogP contribution in [0, 0.1) is 0 Å². The van der Waals surface area contributed by atoms with Gasteiger partial charge in [-0.2, -0.15) is 5.10 Å². The number of allylic oxidation sites excluding steroid dienone is 1. The maximum Gasteiger partial charge on any atom is 0.250 e. The van der Waals surface area contributed by atoms with Crippen molar-refractivity contribution in [2.24, 2.45) is 0 Å². The molecule has 0 aromatic carbocycles. The van der Waals surface area contributed by atoms with Gasteiger partial charge in [-0.25, -0.2) is 0 Å². The predicted octanol–water partition coefficient (Wildman–Crippen LogP) is 1.34. The highest BCUT2D eigenvalue weighted by atomic mass is 16.2. The van der Waals surface area contributed by atoms with Crippen LogP contribution in [0.25, 0.3) is 0 Å². The zero-order valence-corrected chi connectivity index (χ0v) is 8.03. The monoisotopic (exact) mass is 179 g/mol. The van der Waals surface area contributed by atoms with Gasteiger partial charge in [0, 0.05) is 19.3 Å². The summed E-state index contributed by atoms with van der Waals surface area (Å²) in [6.07, 6.45) is 4.88. The quantitative estimate of drug-likeness (QED) is 0.696. The number of carbonyl (C=O) groups is 1. The molecular formula is C9H13N3O. The summed E-state index contributed by atoms with van der Waals surface area (Å²) in [7, 11) is 1.71. The minimum atomic E-state index is -0.0404. The summed E-state index contributed by atoms with van der Waals surface area (Å²) < 4.78 is 0. The van der Waals surface area contributed by atoms with E-state index in [1.807, 2.05) is 13.8 Å². The molecule has 0 aliphatic rings. The van der Waals surface area contributed by atoms with E-state index in [9.17, 15) is 4.79 Å². The number of likely N-dealkylation sites (N-methyl/N-ethyl adjacent to an activating group) is 1. The minimum Gasteiger partial charge on any atom is -0.309 e. The molecule has 0 bridgehead atoms. The summed E-state index contributed by atoms with van der Waals surface area (Å²) in [6.45, 7) is 3.78. The van der Waals surface area contributed by atoms with Crippen molar-refractivity contribution >= 4 is 11.6 Å². The number of hydrogen-bond acceptors (Lipinski definition) is 2. The zero-order valence-electron chi connectivity index (χ0n) is 8.03. The molecule has 13 heavy (non-hydrogen) atoms. The van der Waals surface area contributed by atoms with Crippen molar-refractivity contribution in [1.82, 2.24) is 10.2 Å². The van der Waals surface area contributed by atoms with Crippen LogP contribution in [-0.4, -0.2) is 23.2 Å². The first-order chi connectivity index (χ1) is 6.11. The number of aromatic amines is 1. The van der Waals surface area contributed by atoms with E-state index < -0.39 is 0 Å². The number of amides is 1. The Balaban J connectivity index is 2.74. The Bertz CT molecular complexity index is 310. The molecule has 0 atom stereocenters. The van der Waals surface area contributed by atoms with Gasteiger partial charge >= 0.3 is 0 Å². The van der Waals surface area contributed by atoms with Gasteiger partial charge in [-0.3, -0.25) is 9.89 Å². The van der Waals surface area contributed by atoms with Crippen LogP contribution in [0.3, 0.4) is 0 Å². The van der Waals surface area contributed by atoms with Gasteiger partial charge in [0.2, 0.25) is 0 Å². The van der Waals surface area contributed by atoms with Gasteiger partial charge < -0.3 is 4.90 Å². The Kier molecular flexibility index (Phi) is 2.84. The van der Waals surface area contributed by atoms with Crippen molar-refractivity contribution in [3.05, 3.63) is 24.0 Å². The molecule has 1 aromatic rings. The first kappa shape index (κ1) is 9.51. The van der Waals surface area contributed by atoms with Crippen LogP contribution in [0.5, 0.6) is 0 Å². The van der Waals surface area contributed by atoms with Crippen molar-refractivity contribution in [3.63, 3.8) is 0 Å². The third-order valence-corrected chi connectivity index (χ3v) is 1.61. The molecule has 1 heterocycles. The molecule has 0 radical (unpaired) electrons. The van der Waals surface area contributed by atoms with Crippen LogP contribution in [0.4, 0.5) is 5.69 Å². The number of hydrogen-bond donors (Lipinski definition) is 1. The minimum absolute atomic E-state index is 0.0404. The van der Waals surface area contributed by atoms with Gasteiger partial charge in [0.25, 0.3) is 5.91 Å². The molecule has 0 aliphatic heterocycles. The molecule has 1 N–H and O–H groups in total. The van der Waals surface area contributed by atoms with Gasteiger partial charge in [0.1, 0.15) is 0 Å². The second kappa shape index (κ2) is 3.89. The van der Waals surface area contributed by atoms with Crippen molar-refractivity contribution in [3.8, 4) is 0 Å². The summed E-state index contributed by atoms with van der Waals surface area (Å²) >= 11 is 0. The fourth-order valence-corrected chi connectivity index (χ4v) is 0.899. The Morgan fingerprint density at radius 2 is 2.31 bits per heavy atom. The average molecular weight is 179 g/mol. The second-order valence-corrected chi connectivity index (χ2v) is 3.08. The van der Waals surface area contributed by atoms with Gasteiger partial charge in [-0.1, -0.05) is 5.57 Å². The molecule has 0 saturated carbocycles. The Morgan fingerprint density at radius 1 is 1.62 bits per heavy atom. The topological polar surface area (TPSA) is 49.0 Å². The summed E-state index contributed by atoms with van der Waals surface area (Å²) in [5.74, 6) is -0.0404. The maximum atomic E-state index is 11.5. The Hall–Kier alpha value is -1.58. The lowest BCUT2D eigenvalue weighted by atomic mass is 10.3. The molecule has 1 aromatic heterocycles. The van der Waals surface area contributed by atoms with Crippen LogP contribution in [0.2, 0.25) is 0 Å². The number of rotatable bonds is 2. The average Bonchev–Trinajstić information content (AvgIpc) is 2.53. The van der Waals surface area contributed by atoms with Crippen molar-refractivity contribution in [1.29, 1.82) is 0 Å². The van der Waals surface area contributed by atoms with E-state index in [2.05, 4.69) is 10.2 Å². The first-order valence-corrected chi connectivity index (χ1v) is 4.02. The third-order valence-electron chi connectivity index (χ3n) is 1.61. The number of nitrogens with zero attached hydrogens (tertiary/aromatic N) is 2. The van der Waals surface area contributed by atoms with Crippen LogP contribution < -0.4 is 4.90 Å². The highest BCUT2D eigenvalue weighted by Gasteiger charge is 2.07. The smallest absolute Gasteiger partial charge is 0.250 e. The lowest BCUT2D eigenvalue weighted by molar-refractivity contribution is -0.113. The molecule has 70 valence electrons. The lowest BCUT2D eigenvalue weighted by Crippen LogP contribution is -2.23. The fourth-order valence-electron chi connectivity index (χ4n) is 0.899. The van der Waals surface area contributed by atoms with Crippen LogP contribution in [0.15, 0.2) is 24.0 Å². The van der Waals surface area contributed by atoms with Gasteiger partial charge in [-0.05, 0) is 13.8 Å². The van der Waals surface area contributed by atoms with E-state index in [0.29, 0.717) is 0 Å². The van der Waals surface area contributed by atoms with E-state index in [1.165, 1.54) is 4.90 Å². The summed E-state index contributed by atoms with van der Waals surface area (Å²) in [6, 6.07) is 0. The molecule has 0 aliphatic carbocycles. The van der Waals surface area contributed by atoms with E-state index in [0.717, 1.165) is 11.3 Å². The van der Waals surface area contributed by atoms with Gasteiger partial charge in [0.15, 0.2) is 0 Å². The van der Waals surface area contributed by atoms with Crippen LogP contribution in [0.1, 0.15) is 13.8 Å². The normalized spacial score (nSPS) is 9.46. The maximum absolute atomic E-state index is 11.5. The number of H-pyrrole nitrogens is 1. The molecule has 0 spiro atoms. The summed E-state index contributed by atoms with van der Waals surface area (Å²) in [5.41, 5.74) is 1.75. The number of carbonyl (C=O) groups excluding carboxylic acids is 1.